The van der Waals surface area contributed by atoms with E-state index in [2.05, 4.69) is 152 Å². The van der Waals surface area contributed by atoms with Gasteiger partial charge in [-0.25, -0.2) is 9.59 Å². The Labute approximate surface area is 740 Å². The number of aromatic hydroxyl groups is 2. The molecule has 2 aromatic rings. The van der Waals surface area contributed by atoms with Crippen LogP contribution in [0.5, 0.6) is 11.5 Å². The van der Waals surface area contributed by atoms with Gasteiger partial charge in [-0.1, -0.05) is 209 Å². The molecule has 120 heavy (non-hydrogen) atoms. The highest BCUT2D eigenvalue weighted by Crippen LogP contribution is 2.29. The third-order valence-corrected chi connectivity index (χ3v) is 19.5. The number of phenolic OH excluding ortho intramolecular Hbond substituents is 2. The molecule has 23 nitrogen and oxygen atoms in total. The maximum Gasteiger partial charge on any atom is 0.411 e. The largest absolute Gasteiger partial charge is 0.508 e. The normalized spacial score (nSPS) is 14.5. The van der Waals surface area contributed by atoms with Crippen molar-refractivity contribution in [1.82, 2.24) is 56.0 Å². The molecule has 0 aromatic heterocycles. The Hall–Kier alpha value is -5.82. The first-order chi connectivity index (χ1) is 53.6. The third kappa shape index (κ3) is 56.1. The number of phenols is 2. The molecule has 0 saturated carbocycles. The summed E-state index contributed by atoms with van der Waals surface area (Å²) >= 11 is 0. The second kappa shape index (κ2) is 72.5. The molecule has 0 saturated heterocycles. The summed E-state index contributed by atoms with van der Waals surface area (Å²) in [6, 6.07) is 9.24. The number of nitrogens with zero attached hydrogens (tertiary/aromatic N) is 6. The van der Waals surface area contributed by atoms with Crippen molar-refractivity contribution in [3.05, 3.63) is 58.7 Å². The number of hydrogen-bond donors (Lipinski definition) is 9. The molecule has 0 unspecified atom stereocenters. The van der Waals surface area contributed by atoms with Crippen molar-refractivity contribution < 1.29 is 48.5 Å². The van der Waals surface area contributed by atoms with Crippen LogP contribution in [0.1, 0.15) is 338 Å². The zero-order valence-electron chi connectivity index (χ0n) is 77.8. The van der Waals surface area contributed by atoms with E-state index in [0.29, 0.717) is 50.4 Å². The van der Waals surface area contributed by atoms with E-state index in [0.717, 1.165) is 133 Å². The van der Waals surface area contributed by atoms with Crippen LogP contribution in [0.4, 0.5) is 9.59 Å². The number of carbonyl (C=O) groups excluding carboxylic acids is 6. The number of rotatable bonds is 42. The van der Waals surface area contributed by atoms with Crippen molar-refractivity contribution in [2.45, 2.75) is 395 Å². The van der Waals surface area contributed by atoms with Crippen molar-refractivity contribution in [3.8, 4) is 11.5 Å². The summed E-state index contributed by atoms with van der Waals surface area (Å²) in [6.45, 7) is 73.0. The van der Waals surface area contributed by atoms with Crippen LogP contribution >= 0.6 is 0 Å². The van der Waals surface area contributed by atoms with Crippen LogP contribution in [0.25, 0.3) is 0 Å². The van der Waals surface area contributed by atoms with Crippen molar-refractivity contribution in [2.24, 2.45) is 41.1 Å². The van der Waals surface area contributed by atoms with Gasteiger partial charge in [0.05, 0.1) is 18.6 Å². The van der Waals surface area contributed by atoms with E-state index in [1.165, 1.54) is 56.8 Å². The molecular formula is C97H199N13O10. The lowest BCUT2D eigenvalue weighted by atomic mass is 9.93. The van der Waals surface area contributed by atoms with Gasteiger partial charge in [-0.15, -0.1) is 0 Å². The summed E-state index contributed by atoms with van der Waals surface area (Å²) < 4.78 is 10.9. The maximum absolute atomic E-state index is 13.5. The van der Waals surface area contributed by atoms with E-state index >= 15 is 0 Å². The molecule has 4 rings (SSSR count). The van der Waals surface area contributed by atoms with E-state index in [1.807, 2.05) is 84.2 Å². The van der Waals surface area contributed by atoms with Gasteiger partial charge < -0.3 is 82.2 Å². The number of ether oxygens (including phenoxy) is 2. The first-order valence-electron chi connectivity index (χ1n) is 44.5. The predicted molar refractivity (Wildman–Crippen MR) is 516 cm³/mol. The van der Waals surface area contributed by atoms with Crippen LogP contribution in [0, 0.1) is 29.6 Å². The number of carbonyl (C=O) groups is 6. The Balaban J connectivity index is -0.000000218. The van der Waals surface area contributed by atoms with Crippen LogP contribution in [-0.2, 0) is 54.6 Å². The summed E-state index contributed by atoms with van der Waals surface area (Å²) in [5.74, 6) is 1.89. The van der Waals surface area contributed by atoms with Crippen molar-refractivity contribution in [2.75, 3.05) is 98.2 Å². The van der Waals surface area contributed by atoms with Gasteiger partial charge in [-0.05, 0) is 253 Å². The van der Waals surface area contributed by atoms with Gasteiger partial charge >= 0.3 is 12.2 Å². The van der Waals surface area contributed by atoms with Crippen LogP contribution in [-0.4, -0.2) is 227 Å². The molecule has 6 amide bonds. The van der Waals surface area contributed by atoms with E-state index in [-0.39, 0.29) is 128 Å². The number of nitrogens with one attached hydrogen (secondary N) is 5. The molecule has 0 radical (unpaired) electrons. The van der Waals surface area contributed by atoms with Crippen molar-refractivity contribution in [1.29, 1.82) is 0 Å². The van der Waals surface area contributed by atoms with Crippen LogP contribution in [0.2, 0.25) is 0 Å². The van der Waals surface area contributed by atoms with Gasteiger partial charge in [0.25, 0.3) is 0 Å². The second-order valence-electron chi connectivity index (χ2n) is 34.9. The van der Waals surface area contributed by atoms with Gasteiger partial charge in [-0.2, -0.15) is 0 Å². The Morgan fingerprint density at radius 3 is 1.17 bits per heavy atom. The summed E-state index contributed by atoms with van der Waals surface area (Å²) in [6.07, 6.45) is 13.2. The van der Waals surface area contributed by atoms with Crippen LogP contribution in [0.3, 0.4) is 0 Å². The van der Waals surface area contributed by atoms with E-state index in [1.54, 1.807) is 45.0 Å². The highest BCUT2D eigenvalue weighted by Gasteiger charge is 2.39. The molecule has 0 fully saturated rings. The number of alkyl carbamates (subject to hydrolysis) is 1. The number of hydrogen-bond acceptors (Lipinski definition) is 17. The molecule has 0 aliphatic carbocycles. The smallest absolute Gasteiger partial charge is 0.411 e. The lowest BCUT2D eigenvalue weighted by molar-refractivity contribution is -0.135. The minimum atomic E-state index is -0.668. The number of fused-ring (bicyclic) bond motifs is 2. The molecule has 2 aromatic carbocycles. The maximum atomic E-state index is 13.5. The molecule has 23 heteroatoms. The second-order valence-corrected chi connectivity index (χ2v) is 34.9. The topological polar surface area (TPSA) is 293 Å². The van der Waals surface area contributed by atoms with E-state index in [9.17, 15) is 39.0 Å². The molecule has 2 heterocycles. The summed E-state index contributed by atoms with van der Waals surface area (Å²) in [5, 5.41) is 35.4. The minimum Gasteiger partial charge on any atom is -0.508 e. The van der Waals surface area contributed by atoms with Gasteiger partial charge in [0.2, 0.25) is 23.6 Å². The fraction of sp³-hybridized carbons (Fsp3) is 0.814. The Bertz CT molecular complexity index is 2850. The third-order valence-electron chi connectivity index (χ3n) is 19.5. The summed E-state index contributed by atoms with van der Waals surface area (Å²) in [7, 11) is 0. The molecule has 0 spiro atoms. The van der Waals surface area contributed by atoms with Gasteiger partial charge in [0, 0.05) is 76.9 Å². The van der Waals surface area contributed by atoms with Crippen LogP contribution < -0.4 is 38.1 Å². The quantitative estimate of drug-likeness (QED) is 0.0279. The van der Waals surface area contributed by atoms with Crippen LogP contribution in [0.15, 0.2) is 36.4 Å². The molecule has 7 atom stereocenters. The van der Waals surface area contributed by atoms with Gasteiger partial charge in [-0.3, -0.25) is 24.1 Å². The fourth-order valence-corrected chi connectivity index (χ4v) is 13.1. The Morgan fingerprint density at radius 1 is 0.450 bits per heavy atom. The van der Waals surface area contributed by atoms with E-state index < -0.39 is 35.5 Å². The zero-order valence-corrected chi connectivity index (χ0v) is 77.8. The van der Waals surface area contributed by atoms with Crippen molar-refractivity contribution in [3.63, 3.8) is 0 Å². The van der Waals surface area contributed by atoms with Gasteiger partial charge in [0.1, 0.15) is 34.8 Å². The standard InChI is InChI=1S/C26H43N3O4.C21H35N3O2.C16H32N2O3.C11H24N2O.C11H26N2.C6H15N.6CH4/c1-8-12-28(13-9-2)17-22(18(3)4)27-24(31)23-15-19-10-11-21(30)14-20(19)16-29(23)25(32)33-26(5,6)7;1-5-9-24(10-6-2)14-20(15(3)4)23-21(26)19-12-16-7-8-18(25)11-17(16)13-22-19;1-8-10-18(11-9-2)14(19)13(12(3)4)17-15(20)21-16(5,6)7;1-5-7-13(8-6-2)11(14)10(12)9(3)4;1-5-7-13(8-6-2)9-11(12)10(3)4;1-3-5-7-6-4-2;;;;;;/h10-11,14,18,22-23,30H,8-9,12-13,15-17H2,1-7H3,(H,27,31);7-8,11,15,19-20,22,25H,5-6,9-10,12-14H2,1-4H3,(H,23,26);12-13H,8-11H2,1-7H3,(H,17,20);9-10H,5-8,12H2,1-4H3;10-11H,5-9,12H2,1-4H3;7H,3-6H2,1-2H3;6*1H4/t22-,23-;19-,20-;13-;10-;11-;;;;;;;/m11001......./s1. The highest BCUT2D eigenvalue weighted by atomic mass is 16.6. The minimum absolute atomic E-state index is 0. The molecular weight excluding hydrogens is 1510 g/mol. The Morgan fingerprint density at radius 2 is 0.817 bits per heavy atom. The van der Waals surface area contributed by atoms with E-state index in [4.69, 9.17) is 20.9 Å². The molecule has 0 bridgehead atoms. The monoisotopic (exact) mass is 1710 g/mol. The van der Waals surface area contributed by atoms with Gasteiger partial charge in [0.15, 0.2) is 0 Å². The SMILES string of the molecule is C.C.C.C.C.C.CCCN(CCC)C(=O)[C@@H](N)C(C)C.CCCN(CCC)C(=O)[C@@H](NC(=O)OC(C)(C)C)C(C)C.CCCN(CCC)C[C@@H](N)C(C)C.CCCN(CCC)C[C@@H](NC(=O)[C@H]1Cc2ccc(O)cc2CN1)C(C)C.CCCN(CCC)C[C@@H](NC(=O)[C@H]1Cc2ccc(O)cc2CN1C(=O)OC(C)(C)C)C(C)C.CCCNCCC. The summed E-state index contributed by atoms with van der Waals surface area (Å²) in [5.41, 5.74) is 14.6. The highest BCUT2D eigenvalue weighted by molar-refractivity contribution is 5.87. The zero-order chi connectivity index (χ0) is 87.4. The Kier molecular flexibility index (Phi) is 78.4. The lowest BCUT2D eigenvalue weighted by Crippen LogP contribution is -2.57. The first kappa shape index (κ1) is 130. The summed E-state index contributed by atoms with van der Waals surface area (Å²) in [4.78, 5) is 88.4. The molecule has 2 aliphatic heterocycles. The number of benzene rings is 2. The number of amides is 6. The average molecular weight is 1710 g/mol. The fourth-order valence-electron chi connectivity index (χ4n) is 13.1. The molecule has 2 aliphatic rings. The molecule has 11 N–H and O–H groups in total. The molecule has 712 valence electrons. The average Bonchev–Trinajstić information content (AvgIpc) is 0.786. The lowest BCUT2D eigenvalue weighted by Gasteiger charge is -2.38. The van der Waals surface area contributed by atoms with Crippen molar-refractivity contribution >= 4 is 35.8 Å². The number of nitrogens with two attached hydrogens (primary N) is 2. The predicted octanol–water partition coefficient (Wildman–Crippen LogP) is 19.1. The first-order valence-corrected chi connectivity index (χ1v) is 44.5.